The number of carbonyl (C=O) groups is 1. The van der Waals surface area contributed by atoms with Crippen LogP contribution in [-0.4, -0.2) is 63.3 Å². The van der Waals surface area contributed by atoms with Gasteiger partial charge in [-0.3, -0.25) is 19.1 Å². The molecule has 0 radical (unpaired) electrons. The molecule has 1 fully saturated rings. The van der Waals surface area contributed by atoms with Gasteiger partial charge in [-0.05, 0) is 68.8 Å². The predicted molar refractivity (Wildman–Crippen MR) is 147 cm³/mol. The minimum absolute atomic E-state index is 0.0845. The van der Waals surface area contributed by atoms with Crippen molar-refractivity contribution in [2.75, 3.05) is 32.5 Å². The summed E-state index contributed by atoms with van der Waals surface area (Å²) in [4.78, 5) is 25.5. The molecule has 1 amide bonds. The van der Waals surface area contributed by atoms with Crippen LogP contribution in [0.25, 0.3) is 5.65 Å². The molecule has 1 N–H and O–H groups in total. The highest BCUT2D eigenvalue weighted by Gasteiger charge is 2.35. The van der Waals surface area contributed by atoms with Crippen LogP contribution < -0.4 is 5.32 Å². The first-order valence-electron chi connectivity index (χ1n) is 12.9. The maximum atomic E-state index is 14.0. The second-order valence-corrected chi connectivity index (χ2v) is 10.2. The number of benzene rings is 2. The number of hydrogen-bond donors (Lipinski definition) is 1. The van der Waals surface area contributed by atoms with Crippen molar-refractivity contribution in [3.05, 3.63) is 94.7 Å². The van der Waals surface area contributed by atoms with Crippen molar-refractivity contribution in [3.63, 3.8) is 0 Å². The predicted octanol–water partition coefficient (Wildman–Crippen LogP) is 4.84. The Kier molecular flexibility index (Phi) is 7.61. The van der Waals surface area contributed by atoms with Gasteiger partial charge in [0.15, 0.2) is 5.65 Å². The van der Waals surface area contributed by atoms with Gasteiger partial charge in [0.25, 0.3) is 5.91 Å². The largest absolute Gasteiger partial charge is 0.416 e. The highest BCUT2D eigenvalue weighted by molar-refractivity contribution is 6.04. The Hall–Kier alpha value is -4.20. The molecule has 1 aliphatic rings. The monoisotopic (exact) mass is 546 g/mol. The molecule has 2 aromatic heterocycles. The first-order chi connectivity index (χ1) is 19.1. The summed E-state index contributed by atoms with van der Waals surface area (Å²) in [6, 6.07) is 9.35. The minimum atomic E-state index is -4.54. The number of hydrogen-bond acceptors (Lipinski definition) is 5. The molecule has 1 aliphatic heterocycles. The Labute approximate surface area is 230 Å². The maximum Gasteiger partial charge on any atom is 0.416 e. The Morgan fingerprint density at radius 3 is 2.73 bits per heavy atom. The van der Waals surface area contributed by atoms with Gasteiger partial charge < -0.3 is 10.2 Å². The zero-order chi connectivity index (χ0) is 28.4. The van der Waals surface area contributed by atoms with E-state index in [9.17, 15) is 18.0 Å². The summed E-state index contributed by atoms with van der Waals surface area (Å²) in [6.07, 6.45) is 3.04. The third kappa shape index (κ3) is 6.01. The highest BCUT2D eigenvalue weighted by atomic mass is 19.4. The van der Waals surface area contributed by atoms with Crippen LogP contribution in [0.2, 0.25) is 0 Å². The smallest absolute Gasteiger partial charge is 0.322 e. The molecule has 10 heteroatoms. The lowest BCUT2D eigenvalue weighted by molar-refractivity contribution is -0.138. The maximum absolute atomic E-state index is 14.0. The topological polar surface area (TPSA) is 65.8 Å². The van der Waals surface area contributed by atoms with Crippen molar-refractivity contribution in [2.45, 2.75) is 32.1 Å². The molecular weight excluding hydrogens is 517 g/mol. The van der Waals surface area contributed by atoms with E-state index in [-0.39, 0.29) is 17.8 Å². The Balaban J connectivity index is 1.34. The van der Waals surface area contributed by atoms with Gasteiger partial charge in [0, 0.05) is 54.9 Å². The average Bonchev–Trinajstić information content (AvgIpc) is 3.56. The van der Waals surface area contributed by atoms with E-state index < -0.39 is 17.6 Å². The molecule has 1 atom stereocenters. The van der Waals surface area contributed by atoms with Crippen molar-refractivity contribution < 1.29 is 18.0 Å². The van der Waals surface area contributed by atoms with Crippen LogP contribution in [-0.2, 0) is 12.7 Å². The molecule has 5 rings (SSSR count). The Morgan fingerprint density at radius 2 is 1.98 bits per heavy atom. The molecule has 206 valence electrons. The van der Waals surface area contributed by atoms with Gasteiger partial charge in [-0.1, -0.05) is 18.1 Å². The van der Waals surface area contributed by atoms with E-state index in [1.807, 2.05) is 25.9 Å². The van der Waals surface area contributed by atoms with Crippen LogP contribution in [0.3, 0.4) is 0 Å². The second kappa shape index (κ2) is 11.1. The molecule has 7 nitrogen and oxygen atoms in total. The fourth-order valence-corrected chi connectivity index (χ4v) is 4.84. The number of nitrogens with zero attached hydrogens (tertiary/aromatic N) is 5. The number of imidazole rings is 1. The number of likely N-dealkylation sites (tertiary alicyclic amines) is 1. The lowest BCUT2D eigenvalue weighted by Crippen LogP contribution is -2.31. The molecule has 2 aromatic carbocycles. The first-order valence-corrected chi connectivity index (χ1v) is 12.9. The lowest BCUT2D eigenvalue weighted by atomic mass is 10.0. The summed E-state index contributed by atoms with van der Waals surface area (Å²) in [7, 11) is 3.96. The molecule has 0 unspecified atom stereocenters. The van der Waals surface area contributed by atoms with Crippen LogP contribution in [0.15, 0.2) is 61.2 Å². The Morgan fingerprint density at radius 1 is 1.15 bits per heavy atom. The SMILES string of the molecule is Cc1ccc(C(=O)Nc2ccc(CN3CC[C@@H](N(C)C)C3)c(C(F)(F)F)c2)cc1C#Cc1cnc2cnccn12. The summed E-state index contributed by atoms with van der Waals surface area (Å²) in [5, 5.41) is 2.63. The number of anilines is 1. The molecular formula is C30H29F3N6O. The molecule has 0 saturated carbocycles. The minimum Gasteiger partial charge on any atom is -0.322 e. The first kappa shape index (κ1) is 27.4. The van der Waals surface area contributed by atoms with Crippen molar-refractivity contribution in [2.24, 2.45) is 0 Å². The summed E-state index contributed by atoms with van der Waals surface area (Å²) in [5.41, 5.74) is 2.66. The highest BCUT2D eigenvalue weighted by Crippen LogP contribution is 2.35. The summed E-state index contributed by atoms with van der Waals surface area (Å²) in [6.45, 7) is 3.54. The third-order valence-electron chi connectivity index (χ3n) is 7.19. The van der Waals surface area contributed by atoms with Crippen LogP contribution in [0.1, 0.15) is 44.7 Å². The zero-order valence-electron chi connectivity index (χ0n) is 22.5. The van der Waals surface area contributed by atoms with Gasteiger partial charge in [-0.2, -0.15) is 13.2 Å². The number of aryl methyl sites for hydroxylation is 1. The van der Waals surface area contributed by atoms with E-state index in [2.05, 4.69) is 32.0 Å². The van der Waals surface area contributed by atoms with E-state index in [0.717, 1.165) is 31.1 Å². The van der Waals surface area contributed by atoms with Gasteiger partial charge in [-0.25, -0.2) is 4.98 Å². The van der Waals surface area contributed by atoms with E-state index >= 15 is 0 Å². The van der Waals surface area contributed by atoms with Crippen molar-refractivity contribution in [3.8, 4) is 11.8 Å². The number of carbonyl (C=O) groups excluding carboxylic acids is 1. The number of halogens is 3. The quantitative estimate of drug-likeness (QED) is 0.363. The molecule has 4 aromatic rings. The molecule has 0 spiro atoms. The number of fused-ring (bicyclic) bond motifs is 1. The molecule has 40 heavy (non-hydrogen) atoms. The standard InChI is InChI=1S/C30H29F3N6O/c1-20-4-5-22(14-21(20)7-9-25-16-35-28-17-34-11-13-39(25)28)29(40)36-24-8-6-23(27(15-24)30(31,32)33)18-38-12-10-26(19-38)37(2)3/h4-6,8,11,13-17,26H,10,12,18-19H2,1-3H3,(H,36,40)/t26-/m1/s1. The van der Waals surface area contributed by atoms with E-state index in [4.69, 9.17) is 0 Å². The summed E-state index contributed by atoms with van der Waals surface area (Å²) < 4.78 is 43.8. The van der Waals surface area contributed by atoms with Gasteiger partial charge in [-0.15, -0.1) is 0 Å². The summed E-state index contributed by atoms with van der Waals surface area (Å²) in [5.74, 6) is 5.63. The number of amides is 1. The zero-order valence-corrected chi connectivity index (χ0v) is 22.5. The molecule has 1 saturated heterocycles. The third-order valence-corrected chi connectivity index (χ3v) is 7.19. The van der Waals surface area contributed by atoms with E-state index in [0.29, 0.717) is 28.5 Å². The van der Waals surface area contributed by atoms with Crippen LogP contribution in [0.5, 0.6) is 0 Å². The molecule has 0 aliphatic carbocycles. The van der Waals surface area contributed by atoms with Gasteiger partial charge in [0.1, 0.15) is 5.69 Å². The summed E-state index contributed by atoms with van der Waals surface area (Å²) >= 11 is 0. The normalized spacial score (nSPS) is 15.8. The average molecular weight is 547 g/mol. The van der Waals surface area contributed by atoms with Crippen LogP contribution >= 0.6 is 0 Å². The number of alkyl halides is 3. The Bertz CT molecular complexity index is 1620. The molecule has 3 heterocycles. The van der Waals surface area contributed by atoms with Gasteiger partial charge in [0.2, 0.25) is 0 Å². The van der Waals surface area contributed by atoms with Crippen molar-refractivity contribution in [1.82, 2.24) is 24.2 Å². The number of likely N-dealkylation sites (N-methyl/N-ethyl adjacent to an activating group) is 1. The number of aromatic nitrogens is 3. The van der Waals surface area contributed by atoms with Gasteiger partial charge in [0.05, 0.1) is 18.0 Å². The fourth-order valence-electron chi connectivity index (χ4n) is 4.84. The van der Waals surface area contributed by atoms with Crippen molar-refractivity contribution in [1.29, 1.82) is 0 Å². The van der Waals surface area contributed by atoms with Crippen LogP contribution in [0, 0.1) is 18.8 Å². The van der Waals surface area contributed by atoms with E-state index in [1.54, 1.807) is 47.4 Å². The van der Waals surface area contributed by atoms with E-state index in [1.165, 1.54) is 12.1 Å². The lowest BCUT2D eigenvalue weighted by Gasteiger charge is -2.22. The number of nitrogens with one attached hydrogen (secondary N) is 1. The second-order valence-electron chi connectivity index (χ2n) is 10.2. The van der Waals surface area contributed by atoms with Crippen LogP contribution in [0.4, 0.5) is 18.9 Å². The van der Waals surface area contributed by atoms with Crippen molar-refractivity contribution >= 4 is 17.2 Å². The fraction of sp³-hybridized carbons (Fsp3) is 0.300. The number of rotatable bonds is 5. The molecule has 0 bridgehead atoms. The van der Waals surface area contributed by atoms with Gasteiger partial charge >= 0.3 is 6.18 Å².